The molecule has 0 spiro atoms. The highest BCUT2D eigenvalue weighted by Gasteiger charge is 2.18. The van der Waals surface area contributed by atoms with Crippen molar-refractivity contribution < 1.29 is 4.79 Å². The van der Waals surface area contributed by atoms with Gasteiger partial charge in [0.05, 0.1) is 23.4 Å². The van der Waals surface area contributed by atoms with Gasteiger partial charge < -0.3 is 15.1 Å². The fourth-order valence-corrected chi connectivity index (χ4v) is 3.56. The average Bonchev–Trinajstić information content (AvgIpc) is 3.28. The standard InChI is InChI=1S/C21H25N7O2/c1-26(2)19-17(13-22-21(25-19)27-10-5-6-11-27)24-18(29)9-12-28-14-23-16-8-4-3-7-15(16)20(28)30/h3-4,7-8,13-14H,5-6,9-12H2,1-2H3,(H,24,29). The number of nitrogens with one attached hydrogen (secondary N) is 1. The van der Waals surface area contributed by atoms with Gasteiger partial charge in [0.2, 0.25) is 11.9 Å². The molecule has 0 saturated carbocycles. The minimum Gasteiger partial charge on any atom is -0.361 e. The van der Waals surface area contributed by atoms with E-state index in [9.17, 15) is 9.59 Å². The molecule has 1 aliphatic heterocycles. The zero-order valence-corrected chi connectivity index (χ0v) is 17.2. The summed E-state index contributed by atoms with van der Waals surface area (Å²) < 4.78 is 1.46. The van der Waals surface area contributed by atoms with Crippen LogP contribution in [0.2, 0.25) is 0 Å². The molecule has 0 aliphatic carbocycles. The Kier molecular flexibility index (Phi) is 5.60. The van der Waals surface area contributed by atoms with Crippen LogP contribution in [0.3, 0.4) is 0 Å². The number of aromatic nitrogens is 4. The van der Waals surface area contributed by atoms with Gasteiger partial charge >= 0.3 is 0 Å². The summed E-state index contributed by atoms with van der Waals surface area (Å²) in [6, 6.07) is 7.18. The van der Waals surface area contributed by atoms with Gasteiger partial charge in [0, 0.05) is 40.2 Å². The summed E-state index contributed by atoms with van der Waals surface area (Å²) >= 11 is 0. The summed E-state index contributed by atoms with van der Waals surface area (Å²) in [5.41, 5.74) is 1.05. The minimum absolute atomic E-state index is 0.140. The minimum atomic E-state index is -0.212. The molecule has 9 nitrogen and oxygen atoms in total. The molecular weight excluding hydrogens is 382 g/mol. The number of benzene rings is 1. The number of hydrogen-bond acceptors (Lipinski definition) is 7. The first kappa shape index (κ1) is 19.8. The van der Waals surface area contributed by atoms with Crippen molar-refractivity contribution >= 4 is 34.3 Å². The quantitative estimate of drug-likeness (QED) is 0.666. The van der Waals surface area contributed by atoms with E-state index in [4.69, 9.17) is 0 Å². The number of carbonyl (C=O) groups is 1. The lowest BCUT2D eigenvalue weighted by molar-refractivity contribution is -0.116. The van der Waals surface area contributed by atoms with Crippen LogP contribution in [0.25, 0.3) is 10.9 Å². The molecule has 1 amide bonds. The Morgan fingerprint density at radius 3 is 2.70 bits per heavy atom. The average molecular weight is 407 g/mol. The van der Waals surface area contributed by atoms with Crippen LogP contribution in [0.15, 0.2) is 41.6 Å². The molecule has 4 rings (SSSR count). The fraction of sp³-hybridized carbons (Fsp3) is 0.381. The van der Waals surface area contributed by atoms with Crippen LogP contribution in [-0.2, 0) is 11.3 Å². The van der Waals surface area contributed by atoms with Gasteiger partial charge in [0.1, 0.15) is 5.69 Å². The van der Waals surface area contributed by atoms with Crippen molar-refractivity contribution in [2.45, 2.75) is 25.8 Å². The molecule has 1 aliphatic rings. The van der Waals surface area contributed by atoms with Crippen molar-refractivity contribution in [2.75, 3.05) is 42.3 Å². The number of para-hydroxylation sites is 1. The van der Waals surface area contributed by atoms with E-state index in [1.807, 2.05) is 25.1 Å². The topological polar surface area (TPSA) is 96.2 Å². The van der Waals surface area contributed by atoms with Gasteiger partial charge in [0.15, 0.2) is 5.82 Å². The summed E-state index contributed by atoms with van der Waals surface area (Å²) in [7, 11) is 3.76. The van der Waals surface area contributed by atoms with Gasteiger partial charge in [0.25, 0.3) is 5.56 Å². The molecule has 156 valence electrons. The fourth-order valence-electron chi connectivity index (χ4n) is 3.56. The molecule has 0 atom stereocenters. The van der Waals surface area contributed by atoms with Crippen LogP contribution in [0, 0.1) is 0 Å². The third-order valence-corrected chi connectivity index (χ3v) is 5.15. The van der Waals surface area contributed by atoms with Crippen LogP contribution in [0.4, 0.5) is 17.5 Å². The Morgan fingerprint density at radius 1 is 1.17 bits per heavy atom. The van der Waals surface area contributed by atoms with Crippen molar-refractivity contribution in [1.29, 1.82) is 0 Å². The molecule has 1 N–H and O–H groups in total. The molecule has 1 aromatic carbocycles. The molecule has 2 aromatic heterocycles. The third-order valence-electron chi connectivity index (χ3n) is 5.15. The Morgan fingerprint density at radius 2 is 1.93 bits per heavy atom. The number of nitrogens with zero attached hydrogens (tertiary/aromatic N) is 6. The highest BCUT2D eigenvalue weighted by atomic mass is 16.2. The van der Waals surface area contributed by atoms with Crippen molar-refractivity contribution in [3.8, 4) is 0 Å². The lowest BCUT2D eigenvalue weighted by Crippen LogP contribution is -2.25. The van der Waals surface area contributed by atoms with Gasteiger partial charge in [-0.05, 0) is 25.0 Å². The molecule has 3 aromatic rings. The summed E-state index contributed by atoms with van der Waals surface area (Å²) in [5.74, 6) is 1.13. The first-order valence-corrected chi connectivity index (χ1v) is 10.1. The van der Waals surface area contributed by atoms with Crippen molar-refractivity contribution in [2.24, 2.45) is 0 Å². The highest BCUT2D eigenvalue weighted by Crippen LogP contribution is 2.25. The van der Waals surface area contributed by atoms with Gasteiger partial charge in [-0.15, -0.1) is 0 Å². The number of anilines is 3. The predicted molar refractivity (Wildman–Crippen MR) is 117 cm³/mol. The summed E-state index contributed by atoms with van der Waals surface area (Å²) in [5, 5.41) is 3.42. The van der Waals surface area contributed by atoms with E-state index in [1.54, 1.807) is 24.4 Å². The SMILES string of the molecule is CN(C)c1nc(N2CCCC2)ncc1NC(=O)CCn1cnc2ccccc2c1=O. The molecule has 1 fully saturated rings. The van der Waals surface area contributed by atoms with Crippen molar-refractivity contribution in [3.63, 3.8) is 0 Å². The molecule has 3 heterocycles. The number of amides is 1. The van der Waals surface area contributed by atoms with Crippen LogP contribution in [-0.4, -0.2) is 52.6 Å². The van der Waals surface area contributed by atoms with Crippen LogP contribution < -0.4 is 20.7 Å². The van der Waals surface area contributed by atoms with Gasteiger partial charge in [-0.1, -0.05) is 12.1 Å². The third kappa shape index (κ3) is 4.10. The molecule has 0 unspecified atom stereocenters. The second-order valence-corrected chi connectivity index (χ2v) is 7.55. The normalized spacial score (nSPS) is 13.6. The maximum absolute atomic E-state index is 12.6. The first-order valence-electron chi connectivity index (χ1n) is 10.1. The lowest BCUT2D eigenvalue weighted by Gasteiger charge is -2.21. The molecule has 9 heteroatoms. The van der Waals surface area contributed by atoms with E-state index in [2.05, 4.69) is 25.2 Å². The molecular formula is C21H25N7O2. The van der Waals surface area contributed by atoms with E-state index in [0.717, 1.165) is 25.9 Å². The molecule has 1 saturated heterocycles. The van der Waals surface area contributed by atoms with E-state index in [-0.39, 0.29) is 24.4 Å². The largest absolute Gasteiger partial charge is 0.361 e. The first-order chi connectivity index (χ1) is 14.5. The Balaban J connectivity index is 1.46. The molecule has 30 heavy (non-hydrogen) atoms. The second kappa shape index (κ2) is 8.48. The number of fused-ring (bicyclic) bond motifs is 1. The highest BCUT2D eigenvalue weighted by molar-refractivity contribution is 5.93. The molecule has 0 radical (unpaired) electrons. The maximum atomic E-state index is 12.6. The van der Waals surface area contributed by atoms with Gasteiger partial charge in [-0.3, -0.25) is 14.2 Å². The Bertz CT molecular complexity index is 1120. The number of aryl methyl sites for hydroxylation is 1. The summed E-state index contributed by atoms with van der Waals surface area (Å²) in [6.07, 6.45) is 5.56. The monoisotopic (exact) mass is 407 g/mol. The van der Waals surface area contributed by atoms with Crippen LogP contribution in [0.1, 0.15) is 19.3 Å². The van der Waals surface area contributed by atoms with Crippen molar-refractivity contribution in [3.05, 3.63) is 47.1 Å². The number of carbonyl (C=O) groups excluding carboxylic acids is 1. The zero-order chi connectivity index (χ0) is 21.1. The van der Waals surface area contributed by atoms with Gasteiger partial charge in [-0.25, -0.2) is 9.97 Å². The van der Waals surface area contributed by atoms with Crippen molar-refractivity contribution in [1.82, 2.24) is 19.5 Å². The maximum Gasteiger partial charge on any atom is 0.261 e. The van der Waals surface area contributed by atoms with Crippen LogP contribution in [0.5, 0.6) is 0 Å². The van der Waals surface area contributed by atoms with E-state index < -0.39 is 0 Å². The Hall–Kier alpha value is -3.49. The van der Waals surface area contributed by atoms with Crippen LogP contribution >= 0.6 is 0 Å². The van der Waals surface area contributed by atoms with Gasteiger partial charge in [-0.2, -0.15) is 4.98 Å². The number of rotatable bonds is 6. The van der Waals surface area contributed by atoms with E-state index in [1.165, 1.54) is 10.9 Å². The predicted octanol–water partition coefficient (Wildman–Crippen LogP) is 1.88. The molecule has 0 bridgehead atoms. The number of hydrogen-bond donors (Lipinski definition) is 1. The smallest absolute Gasteiger partial charge is 0.261 e. The summed E-state index contributed by atoms with van der Waals surface area (Å²) in [4.78, 5) is 42.5. The Labute approximate surface area is 174 Å². The van der Waals surface area contributed by atoms with E-state index in [0.29, 0.717) is 28.4 Å². The summed E-state index contributed by atoms with van der Waals surface area (Å²) in [6.45, 7) is 2.15. The zero-order valence-electron chi connectivity index (χ0n) is 17.2. The second-order valence-electron chi connectivity index (χ2n) is 7.55. The lowest BCUT2D eigenvalue weighted by atomic mass is 10.2. The van der Waals surface area contributed by atoms with E-state index >= 15 is 0 Å².